The molecule has 12 nitrogen and oxygen atoms in total. The SMILES string of the molecule is CCc1cc(-c2cc(CC)c(/N=N/c3cc(S(N)(=O)=O)c4ccccc4c3N)c(CC)c2)cc(CC)c1/N=N/c1cc(S(N)(=O)=O)c2ccccc2c1N. The molecule has 0 fully saturated rings. The molecule has 0 spiro atoms. The summed E-state index contributed by atoms with van der Waals surface area (Å²) in [6.45, 7) is 8.16. The smallest absolute Gasteiger partial charge is 0.238 e. The first-order chi connectivity index (χ1) is 25.7. The van der Waals surface area contributed by atoms with Crippen LogP contribution in [0.1, 0.15) is 49.9 Å². The summed E-state index contributed by atoms with van der Waals surface area (Å²) in [4.78, 5) is -0.142. The van der Waals surface area contributed by atoms with Gasteiger partial charge in [0.1, 0.15) is 11.4 Å². The summed E-state index contributed by atoms with van der Waals surface area (Å²) < 4.78 is 50.0. The number of nitrogen functional groups attached to an aromatic ring is 2. The van der Waals surface area contributed by atoms with Crippen LogP contribution in [0.4, 0.5) is 34.1 Å². The first kappa shape index (κ1) is 38.2. The van der Waals surface area contributed by atoms with Crippen molar-refractivity contribution in [2.24, 2.45) is 30.7 Å². The van der Waals surface area contributed by atoms with Crippen LogP contribution in [0.3, 0.4) is 0 Å². The minimum absolute atomic E-state index is 0.0709. The number of sulfonamides is 2. The maximum Gasteiger partial charge on any atom is 0.238 e. The van der Waals surface area contributed by atoms with Crippen molar-refractivity contribution in [1.29, 1.82) is 0 Å². The Morgan fingerprint density at radius 2 is 0.759 bits per heavy atom. The van der Waals surface area contributed by atoms with E-state index in [2.05, 4.69) is 44.7 Å². The van der Waals surface area contributed by atoms with Crippen LogP contribution in [0.25, 0.3) is 32.7 Å². The lowest BCUT2D eigenvalue weighted by atomic mass is 9.92. The highest BCUT2D eigenvalue weighted by atomic mass is 32.2. The highest BCUT2D eigenvalue weighted by Gasteiger charge is 2.20. The zero-order chi connectivity index (χ0) is 38.9. The predicted molar refractivity (Wildman–Crippen MR) is 217 cm³/mol. The molecule has 0 amide bonds. The summed E-state index contributed by atoms with van der Waals surface area (Å²) in [6.07, 6.45) is 2.64. The molecule has 0 saturated heterocycles. The maximum absolute atomic E-state index is 12.5. The van der Waals surface area contributed by atoms with Gasteiger partial charge in [0.05, 0.1) is 32.5 Å². The number of hydrogen-bond donors (Lipinski definition) is 4. The van der Waals surface area contributed by atoms with Crippen molar-refractivity contribution in [3.63, 3.8) is 0 Å². The van der Waals surface area contributed by atoms with Gasteiger partial charge in [-0.25, -0.2) is 27.1 Å². The lowest BCUT2D eigenvalue weighted by Crippen LogP contribution is -2.13. The van der Waals surface area contributed by atoms with Gasteiger partial charge in [0.25, 0.3) is 0 Å². The van der Waals surface area contributed by atoms with Gasteiger partial charge in [-0.2, -0.15) is 0 Å². The average Bonchev–Trinajstić information content (AvgIpc) is 3.15. The molecule has 6 aromatic carbocycles. The molecule has 54 heavy (non-hydrogen) atoms. The Labute approximate surface area is 315 Å². The quantitative estimate of drug-likeness (QED) is 0.0743. The Morgan fingerprint density at radius 1 is 0.463 bits per heavy atom. The third kappa shape index (κ3) is 7.33. The number of nitrogens with two attached hydrogens (primary N) is 4. The van der Waals surface area contributed by atoms with Crippen LogP contribution in [0, 0.1) is 0 Å². The highest BCUT2D eigenvalue weighted by molar-refractivity contribution is 7.89. The summed E-state index contributed by atoms with van der Waals surface area (Å²) in [7, 11) is -8.13. The van der Waals surface area contributed by atoms with Crippen molar-refractivity contribution in [3.8, 4) is 11.1 Å². The molecule has 0 saturated carbocycles. The van der Waals surface area contributed by atoms with Gasteiger partial charge in [0, 0.05) is 21.5 Å². The molecule has 278 valence electrons. The Morgan fingerprint density at radius 3 is 1.04 bits per heavy atom. The molecule has 0 aliphatic carbocycles. The average molecular weight is 763 g/mol. The molecule has 0 aromatic heterocycles. The van der Waals surface area contributed by atoms with E-state index in [4.69, 9.17) is 21.7 Å². The van der Waals surface area contributed by atoms with Crippen molar-refractivity contribution in [3.05, 3.63) is 107 Å². The Hall–Kier alpha value is -5.54. The van der Waals surface area contributed by atoms with E-state index in [9.17, 15) is 16.8 Å². The summed E-state index contributed by atoms with van der Waals surface area (Å²) in [5.41, 5.74) is 21.2. The van der Waals surface area contributed by atoms with Gasteiger partial charge in [-0.05, 0) is 95.5 Å². The molecule has 0 aliphatic rings. The predicted octanol–water partition coefficient (Wildman–Crippen LogP) is 9.20. The zero-order valence-electron chi connectivity index (χ0n) is 30.5. The lowest BCUT2D eigenvalue weighted by molar-refractivity contribution is 0.597. The van der Waals surface area contributed by atoms with E-state index in [0.717, 1.165) is 33.4 Å². The maximum atomic E-state index is 12.5. The number of aryl methyl sites for hydroxylation is 4. The van der Waals surface area contributed by atoms with Gasteiger partial charge < -0.3 is 11.5 Å². The summed E-state index contributed by atoms with van der Waals surface area (Å²) in [6, 6.07) is 24.9. The number of nitrogens with zero attached hydrogens (tertiary/aromatic N) is 4. The van der Waals surface area contributed by atoms with Gasteiger partial charge in [0.15, 0.2) is 0 Å². The minimum Gasteiger partial charge on any atom is -0.396 e. The highest BCUT2D eigenvalue weighted by Crippen LogP contribution is 2.41. The number of hydrogen-bond acceptors (Lipinski definition) is 10. The number of anilines is 2. The molecular formula is C40H42N8O4S2. The first-order valence-corrected chi connectivity index (χ1v) is 20.6. The summed E-state index contributed by atoms with van der Waals surface area (Å²) in [5, 5.41) is 31.3. The van der Waals surface area contributed by atoms with Gasteiger partial charge >= 0.3 is 0 Å². The molecule has 6 aromatic rings. The Kier molecular flexibility index (Phi) is 10.7. The molecule has 0 aliphatic heterocycles. The minimum atomic E-state index is -4.07. The first-order valence-electron chi connectivity index (χ1n) is 17.5. The number of fused-ring (bicyclic) bond motifs is 2. The van der Waals surface area contributed by atoms with Crippen molar-refractivity contribution in [2.75, 3.05) is 11.5 Å². The van der Waals surface area contributed by atoms with Crippen molar-refractivity contribution in [1.82, 2.24) is 0 Å². The topological polar surface area (TPSA) is 222 Å². The van der Waals surface area contributed by atoms with E-state index in [1.165, 1.54) is 12.1 Å². The van der Waals surface area contributed by atoms with Crippen LogP contribution in [0.15, 0.2) is 115 Å². The fraction of sp³-hybridized carbons (Fsp3) is 0.200. The van der Waals surface area contributed by atoms with Gasteiger partial charge in [-0.3, -0.25) is 0 Å². The van der Waals surface area contributed by atoms with E-state index >= 15 is 0 Å². The van der Waals surface area contributed by atoms with E-state index in [1.54, 1.807) is 48.5 Å². The summed E-state index contributed by atoms with van der Waals surface area (Å²) >= 11 is 0. The van der Waals surface area contributed by atoms with Crippen LogP contribution >= 0.6 is 0 Å². The second kappa shape index (κ2) is 15.1. The molecular weight excluding hydrogens is 721 g/mol. The van der Waals surface area contributed by atoms with E-state index < -0.39 is 20.0 Å². The molecule has 0 heterocycles. The normalized spacial score (nSPS) is 12.5. The standard InChI is InChI=1S/C40H42N8O4S2/c1-5-23-17-27(18-24(6-2)39(23)47-45-33-21-35(53(43,49)50)29-13-9-11-15-31(29)37(33)41)28-19-25(7-3)40(26(8-4)20-28)48-46-34-22-36(54(44,51)52)30-14-10-12-16-32(30)38(34)42/h9-22H,5-8,41-42H2,1-4H3,(H2,43,49,50)(H2,44,51,52)/b47-45+,48-46+. The third-order valence-corrected chi connectivity index (χ3v) is 11.5. The van der Waals surface area contributed by atoms with Gasteiger partial charge in [-0.1, -0.05) is 76.2 Å². The number of primary sulfonamides is 2. The van der Waals surface area contributed by atoms with Gasteiger partial charge in [-0.15, -0.1) is 20.5 Å². The largest absolute Gasteiger partial charge is 0.396 e. The summed E-state index contributed by atoms with van der Waals surface area (Å²) in [5.74, 6) is 0. The number of benzene rings is 6. The lowest BCUT2D eigenvalue weighted by Gasteiger charge is -2.16. The molecule has 6 rings (SSSR count). The van der Waals surface area contributed by atoms with Crippen LogP contribution in [0.5, 0.6) is 0 Å². The van der Waals surface area contributed by atoms with Gasteiger partial charge in [0.2, 0.25) is 20.0 Å². The molecule has 0 bridgehead atoms. The molecule has 14 heteroatoms. The van der Waals surface area contributed by atoms with E-state index in [1.807, 2.05) is 27.7 Å². The fourth-order valence-corrected chi connectivity index (χ4v) is 8.25. The van der Waals surface area contributed by atoms with Crippen LogP contribution < -0.4 is 21.7 Å². The van der Waals surface area contributed by atoms with Crippen molar-refractivity contribution in [2.45, 2.75) is 63.2 Å². The van der Waals surface area contributed by atoms with E-state index in [-0.39, 0.29) is 21.2 Å². The Balaban J connectivity index is 1.42. The van der Waals surface area contributed by atoms with Crippen molar-refractivity contribution < 1.29 is 16.8 Å². The molecule has 0 unspecified atom stereocenters. The zero-order valence-corrected chi connectivity index (χ0v) is 32.1. The van der Waals surface area contributed by atoms with Crippen LogP contribution in [0.2, 0.25) is 0 Å². The van der Waals surface area contributed by atoms with E-state index in [0.29, 0.717) is 70.0 Å². The van der Waals surface area contributed by atoms with Crippen LogP contribution in [-0.2, 0) is 45.7 Å². The second-order valence-electron chi connectivity index (χ2n) is 12.9. The molecule has 8 N–H and O–H groups in total. The van der Waals surface area contributed by atoms with Crippen molar-refractivity contribution >= 4 is 75.7 Å². The fourth-order valence-electron chi connectivity index (χ4n) is 6.73. The van der Waals surface area contributed by atoms with Crippen LogP contribution in [-0.4, -0.2) is 16.8 Å². The third-order valence-electron chi connectivity index (χ3n) is 9.57. The number of rotatable bonds is 11. The second-order valence-corrected chi connectivity index (χ2v) is 16.0. The molecule has 0 radical (unpaired) electrons. The monoisotopic (exact) mass is 762 g/mol. The molecule has 0 atom stereocenters. The number of azo groups is 2. The Bertz CT molecular complexity index is 2510.